The van der Waals surface area contributed by atoms with E-state index >= 15 is 0 Å². The highest BCUT2D eigenvalue weighted by Gasteiger charge is 2.10. The molecule has 0 heterocycles. The Hall–Kier alpha value is -2.22. The van der Waals surface area contributed by atoms with E-state index in [9.17, 15) is 4.79 Å². The van der Waals surface area contributed by atoms with Gasteiger partial charge < -0.3 is 9.47 Å². The molecule has 0 radical (unpaired) electrons. The molecule has 23 heavy (non-hydrogen) atoms. The van der Waals surface area contributed by atoms with Crippen LogP contribution in [0.25, 0.3) is 0 Å². The van der Waals surface area contributed by atoms with Crippen molar-refractivity contribution < 1.29 is 14.3 Å². The lowest BCUT2D eigenvalue weighted by Crippen LogP contribution is -2.07. The van der Waals surface area contributed by atoms with Crippen LogP contribution in [0.2, 0.25) is 10.0 Å². The van der Waals surface area contributed by atoms with E-state index in [-0.39, 0.29) is 12.4 Å². The van der Waals surface area contributed by atoms with E-state index in [4.69, 9.17) is 37.9 Å². The first-order valence-electron chi connectivity index (χ1n) is 6.85. The number of rotatable bonds is 5. The second-order valence-electron chi connectivity index (χ2n) is 4.61. The quantitative estimate of drug-likeness (QED) is 0.730. The minimum absolute atomic E-state index is 0.137. The smallest absolute Gasteiger partial charge is 0.310 e. The number of carbonyl (C=O) groups is 1. The molecule has 2 aromatic carbocycles. The Balaban J connectivity index is 2.19. The number of ether oxygens (including phenoxy) is 2. The normalized spacial score (nSPS) is 10.0. The van der Waals surface area contributed by atoms with Gasteiger partial charge >= 0.3 is 5.97 Å². The minimum atomic E-state index is -0.318. The van der Waals surface area contributed by atoms with Crippen LogP contribution in [-0.4, -0.2) is 12.6 Å². The Bertz CT molecular complexity index is 769. The molecule has 0 atom stereocenters. The molecule has 0 N–H and O–H groups in total. The molecule has 0 aromatic heterocycles. The van der Waals surface area contributed by atoms with Crippen molar-refractivity contribution in [3.05, 3.63) is 57.6 Å². The van der Waals surface area contributed by atoms with Gasteiger partial charge in [-0.1, -0.05) is 29.3 Å². The van der Waals surface area contributed by atoms with Gasteiger partial charge in [-0.2, -0.15) is 5.26 Å². The monoisotopic (exact) mass is 349 g/mol. The van der Waals surface area contributed by atoms with E-state index in [1.807, 2.05) is 6.07 Å². The van der Waals surface area contributed by atoms with Crippen molar-refractivity contribution in [1.82, 2.24) is 0 Å². The highest BCUT2D eigenvalue weighted by atomic mass is 35.5. The van der Waals surface area contributed by atoms with E-state index in [1.165, 1.54) is 6.07 Å². The first-order chi connectivity index (χ1) is 11.0. The van der Waals surface area contributed by atoms with Crippen LogP contribution in [-0.2, 0) is 16.0 Å². The van der Waals surface area contributed by atoms with Gasteiger partial charge in [0, 0.05) is 6.07 Å². The number of hydrogen-bond donors (Lipinski definition) is 0. The third-order valence-electron chi connectivity index (χ3n) is 2.93. The van der Waals surface area contributed by atoms with Crippen LogP contribution in [0.3, 0.4) is 0 Å². The van der Waals surface area contributed by atoms with E-state index < -0.39 is 0 Å². The van der Waals surface area contributed by atoms with Gasteiger partial charge in [-0.25, -0.2) is 0 Å². The van der Waals surface area contributed by atoms with Crippen molar-refractivity contribution in [2.45, 2.75) is 13.3 Å². The molecule has 0 fully saturated rings. The topological polar surface area (TPSA) is 59.3 Å². The minimum Gasteiger partial charge on any atom is -0.466 e. The Kier molecular flexibility index (Phi) is 5.86. The number of carbonyl (C=O) groups excluding carboxylic acids is 1. The predicted octanol–water partition coefficient (Wildman–Crippen LogP) is 4.76. The summed E-state index contributed by atoms with van der Waals surface area (Å²) in [5.74, 6) is 0.407. The zero-order valence-electron chi connectivity index (χ0n) is 12.3. The van der Waals surface area contributed by atoms with Crippen LogP contribution in [0.15, 0.2) is 36.4 Å². The third kappa shape index (κ3) is 4.62. The van der Waals surface area contributed by atoms with Gasteiger partial charge in [-0.05, 0) is 36.8 Å². The predicted molar refractivity (Wildman–Crippen MR) is 88.0 cm³/mol. The zero-order chi connectivity index (χ0) is 16.8. The first kappa shape index (κ1) is 17.1. The molecule has 4 nitrogen and oxygen atoms in total. The Labute approximate surface area is 144 Å². The van der Waals surface area contributed by atoms with Gasteiger partial charge in [0.15, 0.2) is 0 Å². The van der Waals surface area contributed by atoms with Crippen molar-refractivity contribution in [2.24, 2.45) is 0 Å². The van der Waals surface area contributed by atoms with E-state index in [0.717, 1.165) is 5.56 Å². The number of hydrogen-bond acceptors (Lipinski definition) is 4. The largest absolute Gasteiger partial charge is 0.466 e. The Morgan fingerprint density at radius 2 is 1.91 bits per heavy atom. The fourth-order valence-corrected chi connectivity index (χ4v) is 2.28. The molecule has 2 rings (SSSR count). The molecule has 0 aliphatic rings. The number of benzene rings is 2. The molecule has 0 saturated carbocycles. The molecule has 0 saturated heterocycles. The molecule has 0 bridgehead atoms. The Morgan fingerprint density at radius 1 is 1.13 bits per heavy atom. The van der Waals surface area contributed by atoms with Crippen LogP contribution >= 0.6 is 23.2 Å². The molecule has 2 aromatic rings. The molecule has 118 valence electrons. The summed E-state index contributed by atoms with van der Waals surface area (Å²) in [4.78, 5) is 11.5. The summed E-state index contributed by atoms with van der Waals surface area (Å²) >= 11 is 12.2. The summed E-state index contributed by atoms with van der Waals surface area (Å²) in [6, 6.07) is 11.7. The number of nitrogens with zero attached hydrogens (tertiary/aromatic N) is 1. The Morgan fingerprint density at radius 3 is 2.57 bits per heavy atom. The number of esters is 1. The van der Waals surface area contributed by atoms with Crippen molar-refractivity contribution in [3.63, 3.8) is 0 Å². The van der Waals surface area contributed by atoms with Gasteiger partial charge in [0.05, 0.1) is 34.7 Å². The van der Waals surface area contributed by atoms with Crippen LogP contribution in [0.5, 0.6) is 11.5 Å². The SMILES string of the molecule is CCOC(=O)Cc1ccc(Oc2cc(C#N)ccc2Cl)c(Cl)c1. The standard InChI is InChI=1S/C17H13Cl2NO3/c1-2-22-17(21)9-11-4-6-15(14(19)7-11)23-16-8-12(10-20)3-5-13(16)18/h3-8H,2,9H2,1H3. The molecule has 0 spiro atoms. The van der Waals surface area contributed by atoms with Gasteiger partial charge in [0.25, 0.3) is 0 Å². The van der Waals surface area contributed by atoms with Crippen LogP contribution < -0.4 is 4.74 Å². The second-order valence-corrected chi connectivity index (χ2v) is 5.42. The van der Waals surface area contributed by atoms with Gasteiger partial charge in [-0.3, -0.25) is 4.79 Å². The third-order valence-corrected chi connectivity index (χ3v) is 3.54. The summed E-state index contributed by atoms with van der Waals surface area (Å²) < 4.78 is 10.6. The number of halogens is 2. The first-order valence-corrected chi connectivity index (χ1v) is 7.60. The highest BCUT2D eigenvalue weighted by molar-refractivity contribution is 6.33. The highest BCUT2D eigenvalue weighted by Crippen LogP contribution is 2.34. The van der Waals surface area contributed by atoms with Crippen LogP contribution in [0.1, 0.15) is 18.1 Å². The van der Waals surface area contributed by atoms with Crippen LogP contribution in [0.4, 0.5) is 0 Å². The van der Waals surface area contributed by atoms with Gasteiger partial charge in [0.2, 0.25) is 0 Å². The lowest BCUT2D eigenvalue weighted by atomic mass is 10.1. The van der Waals surface area contributed by atoms with Gasteiger partial charge in [0.1, 0.15) is 11.5 Å². The summed E-state index contributed by atoms with van der Waals surface area (Å²) in [7, 11) is 0. The maximum Gasteiger partial charge on any atom is 0.310 e. The van der Waals surface area contributed by atoms with E-state index in [1.54, 1.807) is 37.3 Å². The summed E-state index contributed by atoms with van der Waals surface area (Å²) in [6.45, 7) is 2.09. The second kappa shape index (κ2) is 7.87. The average molecular weight is 350 g/mol. The molecule has 0 aliphatic heterocycles. The zero-order valence-corrected chi connectivity index (χ0v) is 13.8. The maximum atomic E-state index is 11.5. The fourth-order valence-electron chi connectivity index (χ4n) is 1.89. The lowest BCUT2D eigenvalue weighted by Gasteiger charge is -2.10. The lowest BCUT2D eigenvalue weighted by molar-refractivity contribution is -0.142. The summed E-state index contributed by atoms with van der Waals surface area (Å²) in [5.41, 5.74) is 1.15. The molecule has 6 heteroatoms. The molecular formula is C17H13Cl2NO3. The number of nitriles is 1. The van der Waals surface area contributed by atoms with Crippen LogP contribution in [0, 0.1) is 11.3 Å². The molecule has 0 aliphatic carbocycles. The molecule has 0 amide bonds. The average Bonchev–Trinajstić information content (AvgIpc) is 2.52. The summed E-state index contributed by atoms with van der Waals surface area (Å²) in [6.07, 6.45) is 0.137. The summed E-state index contributed by atoms with van der Waals surface area (Å²) in [5, 5.41) is 9.63. The van der Waals surface area contributed by atoms with Crippen molar-refractivity contribution in [3.8, 4) is 17.6 Å². The van der Waals surface area contributed by atoms with E-state index in [0.29, 0.717) is 33.7 Å². The van der Waals surface area contributed by atoms with Crippen molar-refractivity contribution in [1.29, 1.82) is 5.26 Å². The molecule has 0 unspecified atom stereocenters. The maximum absolute atomic E-state index is 11.5. The van der Waals surface area contributed by atoms with Crippen molar-refractivity contribution >= 4 is 29.2 Å². The van der Waals surface area contributed by atoms with E-state index in [2.05, 4.69) is 0 Å². The fraction of sp³-hybridized carbons (Fsp3) is 0.176. The van der Waals surface area contributed by atoms with Crippen molar-refractivity contribution in [2.75, 3.05) is 6.61 Å². The molecular weight excluding hydrogens is 337 g/mol. The van der Waals surface area contributed by atoms with Gasteiger partial charge in [-0.15, -0.1) is 0 Å².